The smallest absolute Gasteiger partial charge is 0.341 e. The molecule has 4 rings (SSSR count). The molecule has 0 bridgehead atoms. The van der Waals surface area contributed by atoms with Crippen LogP contribution in [0.15, 0.2) is 42.7 Å². The fourth-order valence-electron chi connectivity index (χ4n) is 4.08. The number of rotatable bonds is 7. The van der Waals surface area contributed by atoms with E-state index in [2.05, 4.69) is 10.1 Å². The maximum Gasteiger partial charge on any atom is 0.341 e. The highest BCUT2D eigenvalue weighted by Crippen LogP contribution is 2.38. The lowest BCUT2D eigenvalue weighted by Gasteiger charge is -2.21. The van der Waals surface area contributed by atoms with Crippen LogP contribution in [0, 0.1) is 0 Å². The highest BCUT2D eigenvalue weighted by Gasteiger charge is 2.39. The molecule has 0 aliphatic carbocycles. The van der Waals surface area contributed by atoms with Crippen LogP contribution in [-0.4, -0.2) is 46.4 Å². The standard InChI is InChI=1S/C26H29F2N5O2/c1-4-35-25(34)21-15-33(17(2)3)31-22(21)10-9-18-7-5-6-8-19(18)20-11-13-30-24(23(20)29)32-14-12-26(27,28)16-32/h5-11,13,15,17H,4,12,14,16,29H2,1-3H3/b10-9+. The van der Waals surface area contributed by atoms with Crippen molar-refractivity contribution in [2.45, 2.75) is 39.2 Å². The van der Waals surface area contributed by atoms with Gasteiger partial charge in [-0.05, 0) is 44.0 Å². The average molecular weight is 482 g/mol. The van der Waals surface area contributed by atoms with Gasteiger partial charge in [-0.2, -0.15) is 5.10 Å². The molecule has 0 spiro atoms. The van der Waals surface area contributed by atoms with Gasteiger partial charge in [-0.1, -0.05) is 30.3 Å². The highest BCUT2D eigenvalue weighted by molar-refractivity contribution is 5.95. The lowest BCUT2D eigenvalue weighted by atomic mass is 9.98. The summed E-state index contributed by atoms with van der Waals surface area (Å²) in [6.07, 6.45) is 6.68. The third kappa shape index (κ3) is 5.18. The number of aromatic nitrogens is 3. The van der Waals surface area contributed by atoms with E-state index in [1.807, 2.05) is 44.2 Å². The number of hydrogen-bond donors (Lipinski definition) is 1. The SMILES string of the molecule is CCOC(=O)c1cn(C(C)C)nc1/C=C/c1ccccc1-c1ccnc(N2CCC(F)(F)C2)c1N. The fraction of sp³-hybridized carbons (Fsp3) is 0.346. The van der Waals surface area contributed by atoms with Crippen molar-refractivity contribution in [3.05, 3.63) is 59.5 Å². The molecule has 2 N–H and O–H groups in total. The number of esters is 1. The van der Waals surface area contributed by atoms with Crippen molar-refractivity contribution in [1.82, 2.24) is 14.8 Å². The van der Waals surface area contributed by atoms with Crippen LogP contribution >= 0.6 is 0 Å². The van der Waals surface area contributed by atoms with Crippen LogP contribution in [0.4, 0.5) is 20.3 Å². The minimum Gasteiger partial charge on any atom is -0.462 e. The van der Waals surface area contributed by atoms with Gasteiger partial charge in [0.05, 0.1) is 24.5 Å². The molecule has 0 atom stereocenters. The van der Waals surface area contributed by atoms with E-state index in [0.717, 1.165) is 11.1 Å². The summed E-state index contributed by atoms with van der Waals surface area (Å²) in [4.78, 5) is 18.3. The third-order valence-electron chi connectivity index (χ3n) is 5.89. The van der Waals surface area contributed by atoms with Crippen molar-refractivity contribution < 1.29 is 18.3 Å². The summed E-state index contributed by atoms with van der Waals surface area (Å²) in [6, 6.07) is 9.45. The Morgan fingerprint density at radius 3 is 2.69 bits per heavy atom. The minimum absolute atomic E-state index is 0.0746. The van der Waals surface area contributed by atoms with Crippen molar-refractivity contribution in [1.29, 1.82) is 0 Å². The van der Waals surface area contributed by atoms with Crippen LogP contribution in [0.3, 0.4) is 0 Å². The van der Waals surface area contributed by atoms with E-state index in [0.29, 0.717) is 28.3 Å². The number of alkyl halides is 2. The second kappa shape index (κ2) is 9.85. The Labute approximate surface area is 203 Å². The third-order valence-corrected chi connectivity index (χ3v) is 5.89. The molecule has 1 aromatic carbocycles. The Balaban J connectivity index is 1.71. The highest BCUT2D eigenvalue weighted by atomic mass is 19.3. The van der Waals surface area contributed by atoms with Gasteiger partial charge in [0.25, 0.3) is 5.92 Å². The number of carbonyl (C=O) groups is 1. The first kappa shape index (κ1) is 24.4. The normalized spacial score (nSPS) is 15.3. The van der Waals surface area contributed by atoms with Gasteiger partial charge in [0, 0.05) is 37.0 Å². The number of anilines is 2. The molecular weight excluding hydrogens is 452 g/mol. The Morgan fingerprint density at radius 2 is 2.00 bits per heavy atom. The van der Waals surface area contributed by atoms with Crippen LogP contribution in [0.5, 0.6) is 0 Å². The molecule has 2 aromatic heterocycles. The predicted octanol–water partition coefficient (Wildman–Crippen LogP) is 5.30. The van der Waals surface area contributed by atoms with Gasteiger partial charge in [0.1, 0.15) is 5.56 Å². The Hall–Kier alpha value is -3.75. The predicted molar refractivity (Wildman–Crippen MR) is 133 cm³/mol. The van der Waals surface area contributed by atoms with Crippen LogP contribution in [0.25, 0.3) is 23.3 Å². The number of halogens is 2. The molecule has 1 saturated heterocycles. The van der Waals surface area contributed by atoms with Crippen molar-refractivity contribution in [3.8, 4) is 11.1 Å². The molecule has 0 saturated carbocycles. The second-order valence-electron chi connectivity index (χ2n) is 8.77. The first-order valence-electron chi connectivity index (χ1n) is 11.6. The molecule has 1 aliphatic rings. The van der Waals surface area contributed by atoms with Gasteiger partial charge in [0.15, 0.2) is 5.82 Å². The molecule has 3 heterocycles. The second-order valence-corrected chi connectivity index (χ2v) is 8.77. The minimum atomic E-state index is -2.75. The first-order chi connectivity index (χ1) is 16.7. The number of hydrogen-bond acceptors (Lipinski definition) is 6. The van der Waals surface area contributed by atoms with E-state index in [1.54, 1.807) is 36.1 Å². The molecule has 184 valence electrons. The van der Waals surface area contributed by atoms with Gasteiger partial charge >= 0.3 is 5.97 Å². The molecular formula is C26H29F2N5O2. The number of ether oxygens (including phenoxy) is 1. The van der Waals surface area contributed by atoms with Crippen molar-refractivity contribution >= 4 is 29.6 Å². The lowest BCUT2D eigenvalue weighted by Crippen LogP contribution is -2.26. The van der Waals surface area contributed by atoms with E-state index in [9.17, 15) is 13.6 Å². The van der Waals surface area contributed by atoms with Gasteiger partial charge in [-0.3, -0.25) is 4.68 Å². The fourth-order valence-corrected chi connectivity index (χ4v) is 4.08. The Bertz CT molecular complexity index is 1250. The summed E-state index contributed by atoms with van der Waals surface area (Å²) in [5.41, 5.74) is 10.0. The quantitative estimate of drug-likeness (QED) is 0.461. The van der Waals surface area contributed by atoms with Crippen molar-refractivity contribution in [2.24, 2.45) is 0 Å². The molecule has 0 unspecified atom stereocenters. The average Bonchev–Trinajstić information content (AvgIpc) is 3.41. The zero-order valence-electron chi connectivity index (χ0n) is 20.0. The zero-order chi connectivity index (χ0) is 25.2. The molecule has 0 radical (unpaired) electrons. The summed E-state index contributed by atoms with van der Waals surface area (Å²) in [5.74, 6) is -2.82. The van der Waals surface area contributed by atoms with Crippen LogP contribution in [0.1, 0.15) is 54.8 Å². The van der Waals surface area contributed by atoms with E-state index < -0.39 is 18.4 Å². The molecule has 35 heavy (non-hydrogen) atoms. The van der Waals surface area contributed by atoms with Crippen molar-refractivity contribution in [3.63, 3.8) is 0 Å². The van der Waals surface area contributed by atoms with Crippen LogP contribution in [-0.2, 0) is 4.74 Å². The number of nitrogens with zero attached hydrogens (tertiary/aromatic N) is 4. The number of carbonyl (C=O) groups excluding carboxylic acids is 1. The summed E-state index contributed by atoms with van der Waals surface area (Å²) in [7, 11) is 0. The molecule has 1 aliphatic heterocycles. The van der Waals surface area contributed by atoms with Crippen LogP contribution < -0.4 is 10.6 Å². The van der Waals surface area contributed by atoms with E-state index >= 15 is 0 Å². The molecule has 0 amide bonds. The number of nitrogen functional groups attached to an aromatic ring is 1. The van der Waals surface area contributed by atoms with Gasteiger partial charge in [-0.15, -0.1) is 0 Å². The zero-order valence-corrected chi connectivity index (χ0v) is 20.0. The number of nitrogens with two attached hydrogens (primary N) is 1. The van der Waals surface area contributed by atoms with Crippen molar-refractivity contribution in [2.75, 3.05) is 30.3 Å². The lowest BCUT2D eigenvalue weighted by molar-refractivity contribution is 0.0256. The Kier molecular flexibility index (Phi) is 6.86. The maximum absolute atomic E-state index is 13.8. The summed E-state index contributed by atoms with van der Waals surface area (Å²) in [5, 5.41) is 4.54. The Morgan fingerprint density at radius 1 is 1.23 bits per heavy atom. The maximum atomic E-state index is 13.8. The van der Waals surface area contributed by atoms with E-state index in [1.165, 1.54) is 4.90 Å². The van der Waals surface area contributed by atoms with Crippen LogP contribution in [0.2, 0.25) is 0 Å². The monoisotopic (exact) mass is 481 g/mol. The largest absolute Gasteiger partial charge is 0.462 e. The molecule has 7 nitrogen and oxygen atoms in total. The van der Waals surface area contributed by atoms with Gasteiger partial charge < -0.3 is 15.4 Å². The summed E-state index contributed by atoms with van der Waals surface area (Å²) < 4.78 is 34.5. The van der Waals surface area contributed by atoms with Gasteiger partial charge in [0.2, 0.25) is 0 Å². The molecule has 1 fully saturated rings. The number of pyridine rings is 1. The molecule has 9 heteroatoms. The summed E-state index contributed by atoms with van der Waals surface area (Å²) >= 11 is 0. The van der Waals surface area contributed by atoms with E-state index in [4.69, 9.17) is 10.5 Å². The first-order valence-corrected chi connectivity index (χ1v) is 11.6. The number of benzene rings is 1. The summed E-state index contributed by atoms with van der Waals surface area (Å²) in [6.45, 7) is 5.78. The molecule has 3 aromatic rings. The topological polar surface area (TPSA) is 86.3 Å². The van der Waals surface area contributed by atoms with E-state index in [-0.39, 0.29) is 25.6 Å². The van der Waals surface area contributed by atoms with Gasteiger partial charge in [-0.25, -0.2) is 18.6 Å².